The predicted molar refractivity (Wildman–Crippen MR) is 88.0 cm³/mol. The van der Waals surface area contributed by atoms with Gasteiger partial charge in [0.1, 0.15) is 6.04 Å². The maximum absolute atomic E-state index is 12.4. The summed E-state index contributed by atoms with van der Waals surface area (Å²) in [5.74, 6) is -0.0464. The lowest BCUT2D eigenvalue weighted by Crippen LogP contribution is -2.48. The number of benzene rings is 1. The number of rotatable bonds is 7. The van der Waals surface area contributed by atoms with Crippen molar-refractivity contribution in [2.75, 3.05) is 6.54 Å². The summed E-state index contributed by atoms with van der Waals surface area (Å²) in [5, 5.41) is 5.62. The first kappa shape index (κ1) is 16.8. The second kappa shape index (κ2) is 8.17. The molecule has 5 heteroatoms. The van der Waals surface area contributed by atoms with Gasteiger partial charge in [-0.25, -0.2) is 0 Å². The Morgan fingerprint density at radius 3 is 2.43 bits per heavy atom. The quantitative estimate of drug-likeness (QED) is 0.824. The van der Waals surface area contributed by atoms with Crippen molar-refractivity contribution in [3.8, 4) is 0 Å². The van der Waals surface area contributed by atoms with Crippen molar-refractivity contribution >= 4 is 11.8 Å². The molecule has 0 aliphatic carbocycles. The van der Waals surface area contributed by atoms with Gasteiger partial charge in [-0.1, -0.05) is 44.2 Å². The van der Waals surface area contributed by atoms with E-state index in [0.717, 1.165) is 5.56 Å². The van der Waals surface area contributed by atoms with Gasteiger partial charge < -0.3 is 15.1 Å². The predicted octanol–water partition coefficient (Wildman–Crippen LogP) is 2.39. The van der Waals surface area contributed by atoms with E-state index in [4.69, 9.17) is 4.42 Å². The number of furan rings is 1. The van der Waals surface area contributed by atoms with Crippen molar-refractivity contribution in [1.82, 2.24) is 10.6 Å². The Kier molecular flexibility index (Phi) is 5.97. The van der Waals surface area contributed by atoms with Gasteiger partial charge in [0.15, 0.2) is 5.76 Å². The molecule has 0 unspecified atom stereocenters. The third kappa shape index (κ3) is 5.29. The highest BCUT2D eigenvalue weighted by molar-refractivity contribution is 5.95. The summed E-state index contributed by atoms with van der Waals surface area (Å²) in [5.41, 5.74) is 0.983. The van der Waals surface area contributed by atoms with E-state index in [-0.39, 0.29) is 11.7 Å². The second-order valence-electron chi connectivity index (χ2n) is 5.83. The molecule has 0 aliphatic heterocycles. The highest BCUT2D eigenvalue weighted by atomic mass is 16.3. The molecule has 0 saturated heterocycles. The smallest absolute Gasteiger partial charge is 0.287 e. The molecule has 1 aromatic heterocycles. The van der Waals surface area contributed by atoms with Crippen LogP contribution in [0.2, 0.25) is 0 Å². The van der Waals surface area contributed by atoms with E-state index in [9.17, 15) is 9.59 Å². The van der Waals surface area contributed by atoms with Crippen LogP contribution < -0.4 is 10.6 Å². The lowest BCUT2D eigenvalue weighted by atomic mass is 10.0. The van der Waals surface area contributed by atoms with E-state index in [1.54, 1.807) is 12.1 Å². The van der Waals surface area contributed by atoms with Crippen LogP contribution in [0, 0.1) is 5.92 Å². The minimum Gasteiger partial charge on any atom is -0.459 e. The Bertz CT molecular complexity index is 621. The molecule has 0 fully saturated rings. The molecule has 0 aliphatic rings. The van der Waals surface area contributed by atoms with Crippen molar-refractivity contribution in [2.24, 2.45) is 5.92 Å². The molecule has 2 amide bonds. The second-order valence-corrected chi connectivity index (χ2v) is 5.83. The first-order chi connectivity index (χ1) is 11.1. The Morgan fingerprint density at radius 1 is 1.09 bits per heavy atom. The molecule has 122 valence electrons. The summed E-state index contributed by atoms with van der Waals surface area (Å²) in [6.45, 7) is 4.61. The average Bonchev–Trinajstić information content (AvgIpc) is 3.07. The van der Waals surface area contributed by atoms with Gasteiger partial charge in [0.25, 0.3) is 5.91 Å². The highest BCUT2D eigenvalue weighted by Crippen LogP contribution is 2.06. The summed E-state index contributed by atoms with van der Waals surface area (Å²) < 4.78 is 5.08. The van der Waals surface area contributed by atoms with Crippen LogP contribution >= 0.6 is 0 Å². The largest absolute Gasteiger partial charge is 0.459 e. The molecular formula is C18H22N2O3. The lowest BCUT2D eigenvalue weighted by molar-refractivity contribution is -0.123. The number of amides is 2. The van der Waals surface area contributed by atoms with Crippen LogP contribution in [-0.4, -0.2) is 24.4 Å². The Hall–Kier alpha value is -2.56. The molecular weight excluding hydrogens is 292 g/mol. The van der Waals surface area contributed by atoms with Gasteiger partial charge >= 0.3 is 0 Å². The molecule has 2 aromatic rings. The van der Waals surface area contributed by atoms with Gasteiger partial charge in [-0.15, -0.1) is 0 Å². The van der Waals surface area contributed by atoms with Crippen LogP contribution in [-0.2, 0) is 11.2 Å². The van der Waals surface area contributed by atoms with E-state index < -0.39 is 11.9 Å². The molecule has 0 saturated carbocycles. The Balaban J connectivity index is 2.07. The molecule has 5 nitrogen and oxygen atoms in total. The molecule has 23 heavy (non-hydrogen) atoms. The molecule has 0 spiro atoms. The fourth-order valence-corrected chi connectivity index (χ4v) is 2.12. The molecule has 0 bridgehead atoms. The van der Waals surface area contributed by atoms with Crippen molar-refractivity contribution in [3.05, 3.63) is 60.1 Å². The van der Waals surface area contributed by atoms with Crippen LogP contribution in [0.1, 0.15) is 30.0 Å². The van der Waals surface area contributed by atoms with E-state index in [1.165, 1.54) is 6.26 Å². The Morgan fingerprint density at radius 2 is 1.83 bits per heavy atom. The van der Waals surface area contributed by atoms with Crippen molar-refractivity contribution in [1.29, 1.82) is 0 Å². The zero-order valence-corrected chi connectivity index (χ0v) is 13.4. The highest BCUT2D eigenvalue weighted by Gasteiger charge is 2.22. The van der Waals surface area contributed by atoms with Crippen molar-refractivity contribution in [3.63, 3.8) is 0 Å². The van der Waals surface area contributed by atoms with Crippen LogP contribution in [0.25, 0.3) is 0 Å². The summed E-state index contributed by atoms with van der Waals surface area (Å²) in [7, 11) is 0. The molecule has 1 heterocycles. The number of nitrogens with one attached hydrogen (secondary N) is 2. The van der Waals surface area contributed by atoms with E-state index in [1.807, 2.05) is 44.2 Å². The number of hydrogen-bond acceptors (Lipinski definition) is 3. The maximum Gasteiger partial charge on any atom is 0.287 e. The average molecular weight is 314 g/mol. The third-order valence-electron chi connectivity index (χ3n) is 3.33. The molecule has 1 aromatic carbocycles. The van der Waals surface area contributed by atoms with Gasteiger partial charge in [0, 0.05) is 13.0 Å². The monoisotopic (exact) mass is 314 g/mol. The number of carbonyl (C=O) groups is 2. The molecule has 2 rings (SSSR count). The molecule has 2 N–H and O–H groups in total. The normalized spacial score (nSPS) is 12.0. The standard InChI is InChI=1S/C18H22N2O3/c1-13(2)12-19-17(21)15(11-14-7-4-3-5-8-14)20-18(22)16-9-6-10-23-16/h3-10,13,15H,11-12H2,1-2H3,(H,19,21)(H,20,22)/t15-/m1/s1. The third-order valence-corrected chi connectivity index (χ3v) is 3.33. The summed E-state index contributed by atoms with van der Waals surface area (Å²) in [6, 6.07) is 12.2. The lowest BCUT2D eigenvalue weighted by Gasteiger charge is -2.19. The number of carbonyl (C=O) groups excluding carboxylic acids is 2. The summed E-state index contributed by atoms with van der Waals surface area (Å²) in [6.07, 6.45) is 1.86. The molecule has 0 radical (unpaired) electrons. The zero-order chi connectivity index (χ0) is 16.7. The SMILES string of the molecule is CC(C)CNC(=O)[C@@H](Cc1ccccc1)NC(=O)c1ccco1. The van der Waals surface area contributed by atoms with E-state index >= 15 is 0 Å². The molecule has 1 atom stereocenters. The van der Waals surface area contributed by atoms with Gasteiger partial charge in [-0.2, -0.15) is 0 Å². The van der Waals surface area contributed by atoms with Crippen LogP contribution in [0.4, 0.5) is 0 Å². The van der Waals surface area contributed by atoms with Gasteiger partial charge in [0.05, 0.1) is 6.26 Å². The van der Waals surface area contributed by atoms with Gasteiger partial charge in [-0.3, -0.25) is 9.59 Å². The topological polar surface area (TPSA) is 71.3 Å². The van der Waals surface area contributed by atoms with E-state index in [2.05, 4.69) is 10.6 Å². The first-order valence-electron chi connectivity index (χ1n) is 7.72. The summed E-state index contributed by atoms with van der Waals surface area (Å²) in [4.78, 5) is 24.6. The number of hydrogen-bond donors (Lipinski definition) is 2. The maximum atomic E-state index is 12.4. The Labute approximate surface area is 136 Å². The zero-order valence-electron chi connectivity index (χ0n) is 13.4. The summed E-state index contributed by atoms with van der Waals surface area (Å²) >= 11 is 0. The first-order valence-corrected chi connectivity index (χ1v) is 7.72. The minimum absolute atomic E-state index is 0.192. The fraction of sp³-hybridized carbons (Fsp3) is 0.333. The van der Waals surface area contributed by atoms with Crippen molar-refractivity contribution in [2.45, 2.75) is 26.3 Å². The van der Waals surface area contributed by atoms with Crippen LogP contribution in [0.5, 0.6) is 0 Å². The van der Waals surface area contributed by atoms with E-state index in [0.29, 0.717) is 18.9 Å². The fourth-order valence-electron chi connectivity index (χ4n) is 2.12. The van der Waals surface area contributed by atoms with Crippen LogP contribution in [0.15, 0.2) is 53.1 Å². The van der Waals surface area contributed by atoms with Crippen LogP contribution in [0.3, 0.4) is 0 Å². The minimum atomic E-state index is -0.645. The van der Waals surface area contributed by atoms with Crippen molar-refractivity contribution < 1.29 is 14.0 Å². The van der Waals surface area contributed by atoms with Gasteiger partial charge in [-0.05, 0) is 23.6 Å². The van der Waals surface area contributed by atoms with Gasteiger partial charge in [0.2, 0.25) is 5.91 Å².